The van der Waals surface area contributed by atoms with Gasteiger partial charge in [0.15, 0.2) is 0 Å². The van der Waals surface area contributed by atoms with Crippen molar-refractivity contribution in [2.24, 2.45) is 5.73 Å². The summed E-state index contributed by atoms with van der Waals surface area (Å²) in [6.45, 7) is 0. The molecule has 0 amide bonds. The molecule has 0 radical (unpaired) electrons. The van der Waals surface area contributed by atoms with E-state index in [9.17, 15) is 0 Å². The highest BCUT2D eigenvalue weighted by Gasteiger charge is 2.16. The van der Waals surface area contributed by atoms with Crippen molar-refractivity contribution in [3.05, 3.63) is 55.0 Å². The van der Waals surface area contributed by atoms with Gasteiger partial charge in [-0.3, -0.25) is 0 Å². The normalized spacial score (nSPS) is 13.1. The van der Waals surface area contributed by atoms with Gasteiger partial charge in [0, 0.05) is 18.9 Å². The molecule has 1 atom stereocenters. The predicted octanol–water partition coefficient (Wildman–Crippen LogP) is 5.43. The molecule has 2 heterocycles. The summed E-state index contributed by atoms with van der Waals surface area (Å²) in [5.74, 6) is 0. The van der Waals surface area contributed by atoms with Crippen LogP contribution in [0.2, 0.25) is 4.34 Å². The summed E-state index contributed by atoms with van der Waals surface area (Å²) in [4.78, 5) is 2.25. The molecule has 2 aromatic heterocycles. The molecule has 0 aliphatic rings. The van der Waals surface area contributed by atoms with Crippen LogP contribution in [0.15, 0.2) is 40.9 Å². The fourth-order valence-corrected chi connectivity index (χ4v) is 4.73. The van der Waals surface area contributed by atoms with Crippen LogP contribution in [-0.2, 0) is 0 Å². The lowest BCUT2D eigenvalue weighted by Crippen LogP contribution is -2.07. The average Bonchev–Trinajstić information content (AvgIpc) is 2.93. The Balaban J connectivity index is 2.03. The summed E-state index contributed by atoms with van der Waals surface area (Å²) in [5, 5.41) is 1.25. The largest absolute Gasteiger partial charge is 0.319 e. The Hall–Kier alpha value is -0.390. The number of thiophene rings is 2. The number of nitrogens with two attached hydrogens (primary N) is 1. The fourth-order valence-electron chi connectivity index (χ4n) is 1.81. The highest BCUT2D eigenvalue weighted by molar-refractivity contribution is 9.10. The van der Waals surface area contributed by atoms with E-state index < -0.39 is 0 Å². The van der Waals surface area contributed by atoms with Gasteiger partial charge in [0.2, 0.25) is 0 Å². The Labute approximate surface area is 126 Å². The van der Waals surface area contributed by atoms with Crippen LogP contribution in [0, 0.1) is 0 Å². The Kier molecular flexibility index (Phi) is 3.47. The summed E-state index contributed by atoms with van der Waals surface area (Å²) in [6, 6.07) is 12.4. The van der Waals surface area contributed by atoms with Gasteiger partial charge in [-0.15, -0.1) is 22.7 Å². The Morgan fingerprint density at radius 3 is 2.50 bits per heavy atom. The number of hydrogen-bond acceptors (Lipinski definition) is 3. The zero-order valence-corrected chi connectivity index (χ0v) is 13.2. The topological polar surface area (TPSA) is 26.0 Å². The minimum absolute atomic E-state index is 0.101. The molecule has 2 N–H and O–H groups in total. The van der Waals surface area contributed by atoms with Crippen molar-refractivity contribution < 1.29 is 0 Å². The highest BCUT2D eigenvalue weighted by atomic mass is 79.9. The lowest BCUT2D eigenvalue weighted by molar-refractivity contribution is 0.918. The maximum absolute atomic E-state index is 6.30. The van der Waals surface area contributed by atoms with Crippen LogP contribution in [0.5, 0.6) is 0 Å². The van der Waals surface area contributed by atoms with Gasteiger partial charge in [-0.05, 0) is 39.5 Å². The van der Waals surface area contributed by atoms with E-state index in [0.29, 0.717) is 0 Å². The second-order valence-corrected chi connectivity index (χ2v) is 7.59. The second kappa shape index (κ2) is 4.94. The molecular formula is C13H9BrClNS2. The Morgan fingerprint density at radius 2 is 1.83 bits per heavy atom. The third-order valence-electron chi connectivity index (χ3n) is 2.72. The molecule has 0 aliphatic carbocycles. The first-order valence-electron chi connectivity index (χ1n) is 5.34. The molecule has 18 heavy (non-hydrogen) atoms. The summed E-state index contributed by atoms with van der Waals surface area (Å²) in [6.07, 6.45) is 0. The maximum Gasteiger partial charge on any atom is 0.107 e. The van der Waals surface area contributed by atoms with Gasteiger partial charge in [0.05, 0.1) is 6.04 Å². The van der Waals surface area contributed by atoms with Crippen LogP contribution < -0.4 is 5.73 Å². The minimum Gasteiger partial charge on any atom is -0.319 e. The van der Waals surface area contributed by atoms with Crippen molar-refractivity contribution in [3.63, 3.8) is 0 Å². The van der Waals surface area contributed by atoms with Crippen LogP contribution in [0.25, 0.3) is 10.1 Å². The van der Waals surface area contributed by atoms with Crippen molar-refractivity contribution in [1.29, 1.82) is 0 Å². The van der Waals surface area contributed by atoms with Gasteiger partial charge < -0.3 is 5.73 Å². The smallest absolute Gasteiger partial charge is 0.107 e. The zero-order valence-electron chi connectivity index (χ0n) is 9.19. The lowest BCUT2D eigenvalue weighted by Gasteiger charge is -2.05. The van der Waals surface area contributed by atoms with Crippen molar-refractivity contribution in [2.45, 2.75) is 6.04 Å². The molecule has 1 nitrogen and oxygen atoms in total. The van der Waals surface area contributed by atoms with Gasteiger partial charge in [0.1, 0.15) is 4.34 Å². The minimum atomic E-state index is -0.101. The zero-order chi connectivity index (χ0) is 12.7. The molecular weight excluding hydrogens is 350 g/mol. The number of halogens is 2. The Morgan fingerprint density at radius 1 is 1.11 bits per heavy atom. The van der Waals surface area contributed by atoms with Crippen molar-refractivity contribution in [1.82, 2.24) is 0 Å². The first-order valence-corrected chi connectivity index (χ1v) is 8.14. The molecule has 0 saturated carbocycles. The van der Waals surface area contributed by atoms with E-state index in [1.165, 1.54) is 26.3 Å². The quantitative estimate of drug-likeness (QED) is 0.649. The average molecular weight is 359 g/mol. The van der Waals surface area contributed by atoms with Crippen molar-refractivity contribution in [3.8, 4) is 0 Å². The molecule has 0 fully saturated rings. The Bertz CT molecular complexity index is 651. The molecule has 0 aliphatic heterocycles. The number of hydrogen-bond donors (Lipinski definition) is 1. The molecule has 5 heteroatoms. The van der Waals surface area contributed by atoms with Crippen LogP contribution >= 0.6 is 50.2 Å². The van der Waals surface area contributed by atoms with Gasteiger partial charge >= 0.3 is 0 Å². The summed E-state index contributed by atoms with van der Waals surface area (Å²) in [5.41, 5.74) is 6.30. The predicted molar refractivity (Wildman–Crippen MR) is 84.9 cm³/mol. The molecule has 0 spiro atoms. The van der Waals surface area contributed by atoms with Crippen LogP contribution in [0.4, 0.5) is 0 Å². The molecule has 1 unspecified atom stereocenters. The molecule has 1 aromatic carbocycles. The summed E-state index contributed by atoms with van der Waals surface area (Å²) >= 11 is 12.7. The first kappa shape index (κ1) is 12.6. The summed E-state index contributed by atoms with van der Waals surface area (Å²) < 4.78 is 2.94. The van der Waals surface area contributed by atoms with Crippen molar-refractivity contribution in [2.75, 3.05) is 0 Å². The van der Waals surface area contributed by atoms with E-state index in [1.807, 2.05) is 18.2 Å². The van der Waals surface area contributed by atoms with Gasteiger partial charge in [0.25, 0.3) is 0 Å². The maximum atomic E-state index is 6.30. The molecule has 0 bridgehead atoms. The standard InChI is InChI=1S/C13H9BrClNS2/c14-8-6-11(18-13(8)15)12(16)10-5-7-3-1-2-4-9(7)17-10/h1-6,12H,16H2. The van der Waals surface area contributed by atoms with E-state index in [2.05, 4.69) is 34.1 Å². The van der Waals surface area contributed by atoms with E-state index in [0.717, 1.165) is 13.7 Å². The first-order chi connectivity index (χ1) is 8.65. The lowest BCUT2D eigenvalue weighted by atomic mass is 10.2. The van der Waals surface area contributed by atoms with Gasteiger partial charge in [-0.1, -0.05) is 29.8 Å². The van der Waals surface area contributed by atoms with Crippen LogP contribution in [-0.4, -0.2) is 0 Å². The third-order valence-corrected chi connectivity index (χ3v) is 6.48. The molecule has 0 saturated heterocycles. The SMILES string of the molecule is NC(c1cc(Br)c(Cl)s1)c1cc2ccccc2s1. The number of benzene rings is 1. The van der Waals surface area contributed by atoms with Crippen LogP contribution in [0.3, 0.4) is 0 Å². The van der Waals surface area contributed by atoms with E-state index in [4.69, 9.17) is 17.3 Å². The monoisotopic (exact) mass is 357 g/mol. The number of rotatable bonds is 2. The fraction of sp³-hybridized carbons (Fsp3) is 0.0769. The van der Waals surface area contributed by atoms with Crippen LogP contribution in [0.1, 0.15) is 15.8 Å². The van der Waals surface area contributed by atoms with E-state index in [-0.39, 0.29) is 6.04 Å². The molecule has 3 aromatic rings. The molecule has 3 rings (SSSR count). The van der Waals surface area contributed by atoms with E-state index >= 15 is 0 Å². The van der Waals surface area contributed by atoms with Gasteiger partial charge in [-0.2, -0.15) is 0 Å². The second-order valence-electron chi connectivity index (χ2n) is 3.93. The highest BCUT2D eigenvalue weighted by Crippen LogP contribution is 2.39. The third kappa shape index (κ3) is 2.24. The van der Waals surface area contributed by atoms with Gasteiger partial charge in [-0.25, -0.2) is 0 Å². The number of fused-ring (bicyclic) bond motifs is 1. The van der Waals surface area contributed by atoms with Crippen molar-refractivity contribution >= 4 is 60.3 Å². The van der Waals surface area contributed by atoms with E-state index in [1.54, 1.807) is 11.3 Å². The summed E-state index contributed by atoms with van der Waals surface area (Å²) in [7, 11) is 0. The molecule has 92 valence electrons.